The fourth-order valence-electron chi connectivity index (χ4n) is 4.05. The van der Waals surface area contributed by atoms with Crippen LogP contribution < -0.4 is 4.43 Å². The number of hydrogen-bond acceptors (Lipinski definition) is 2. The molecular weight excluding hydrogens is 316 g/mol. The monoisotopic (exact) mass is 350 g/mol. The van der Waals surface area contributed by atoms with Crippen LogP contribution in [-0.2, 0) is 4.79 Å². The third-order valence-corrected chi connectivity index (χ3v) is 11.2. The molecule has 0 saturated heterocycles. The Balaban J connectivity index is 3.09. The summed E-state index contributed by atoms with van der Waals surface area (Å²) in [6.45, 7) is 15.6. The second kappa shape index (κ2) is 8.70. The molecule has 0 spiro atoms. The lowest BCUT2D eigenvalue weighted by molar-refractivity contribution is -0.139. The van der Waals surface area contributed by atoms with E-state index in [0.29, 0.717) is 23.0 Å². The number of rotatable bonds is 9. The summed E-state index contributed by atoms with van der Waals surface area (Å²) < 4.78 is 6.63. The molecule has 1 atom stereocenters. The van der Waals surface area contributed by atoms with Gasteiger partial charge in [-0.15, -0.1) is 0 Å². The second-order valence-corrected chi connectivity index (χ2v) is 13.0. The molecule has 0 saturated carbocycles. The fraction of sp³-hybridized carbons (Fsp3) is 0.650. The van der Waals surface area contributed by atoms with Crippen molar-refractivity contribution in [3.05, 3.63) is 29.8 Å². The predicted octanol–water partition coefficient (Wildman–Crippen LogP) is 6.21. The molecule has 0 aliphatic rings. The van der Waals surface area contributed by atoms with Crippen LogP contribution in [-0.4, -0.2) is 19.4 Å². The third-order valence-electron chi connectivity index (χ3n) is 5.16. The van der Waals surface area contributed by atoms with Crippen LogP contribution in [0.4, 0.5) is 0 Å². The van der Waals surface area contributed by atoms with Crippen LogP contribution >= 0.6 is 0 Å². The average molecular weight is 351 g/mol. The van der Waals surface area contributed by atoms with Crippen molar-refractivity contribution >= 4 is 14.3 Å². The number of hydrogen-bond donors (Lipinski definition) is 1. The molecule has 0 fully saturated rings. The Kier molecular flexibility index (Phi) is 7.52. The quantitative estimate of drug-likeness (QED) is 0.539. The Hall–Kier alpha value is -1.29. The van der Waals surface area contributed by atoms with Crippen molar-refractivity contribution in [3.63, 3.8) is 0 Å². The highest BCUT2D eigenvalue weighted by molar-refractivity contribution is 6.78. The maximum Gasteiger partial charge on any atom is 0.310 e. The van der Waals surface area contributed by atoms with Crippen molar-refractivity contribution in [1.29, 1.82) is 0 Å². The van der Waals surface area contributed by atoms with Crippen LogP contribution in [0.15, 0.2) is 24.3 Å². The molecule has 24 heavy (non-hydrogen) atoms. The summed E-state index contributed by atoms with van der Waals surface area (Å²) in [5.74, 6) is -0.297. The van der Waals surface area contributed by atoms with Gasteiger partial charge >= 0.3 is 5.97 Å². The summed E-state index contributed by atoms with van der Waals surface area (Å²) in [5, 5.41) is 9.41. The van der Waals surface area contributed by atoms with Crippen molar-refractivity contribution in [2.45, 2.75) is 83.8 Å². The van der Waals surface area contributed by atoms with Gasteiger partial charge in [0.05, 0.1) is 5.92 Å². The van der Waals surface area contributed by atoms with Crippen LogP contribution in [0.5, 0.6) is 5.75 Å². The minimum Gasteiger partial charge on any atom is -0.543 e. The van der Waals surface area contributed by atoms with Crippen LogP contribution in [0, 0.1) is 0 Å². The van der Waals surface area contributed by atoms with Gasteiger partial charge in [0.25, 0.3) is 8.32 Å². The summed E-state index contributed by atoms with van der Waals surface area (Å²) >= 11 is 0. The van der Waals surface area contributed by atoms with E-state index in [9.17, 15) is 9.90 Å². The van der Waals surface area contributed by atoms with Gasteiger partial charge in [-0.25, -0.2) is 0 Å². The molecule has 0 aromatic heterocycles. The first-order valence-electron chi connectivity index (χ1n) is 9.18. The molecule has 1 aromatic carbocycles. The summed E-state index contributed by atoms with van der Waals surface area (Å²) in [7, 11) is -1.97. The highest BCUT2D eigenvalue weighted by Gasteiger charge is 2.46. The van der Waals surface area contributed by atoms with Crippen LogP contribution in [0.2, 0.25) is 16.6 Å². The van der Waals surface area contributed by atoms with E-state index in [2.05, 4.69) is 41.5 Å². The molecule has 1 rings (SSSR count). The zero-order valence-corrected chi connectivity index (χ0v) is 17.3. The zero-order valence-electron chi connectivity index (χ0n) is 16.3. The molecule has 0 amide bonds. The molecule has 0 bridgehead atoms. The summed E-state index contributed by atoms with van der Waals surface area (Å²) in [4.78, 5) is 11.4. The summed E-state index contributed by atoms with van der Waals surface area (Å²) in [6, 6.07) is 7.75. The van der Waals surface area contributed by atoms with Gasteiger partial charge in [0, 0.05) is 0 Å². The normalized spacial score (nSPS) is 13.6. The predicted molar refractivity (Wildman–Crippen MR) is 103 cm³/mol. The standard InChI is InChI=1S/C20H34O3Si/c1-8-9-19(20(21)22)17-10-12-18(13-11-17)23-24(14(2)3,15(4)5)16(6)7/h10-16,19H,8-9H2,1-7H3,(H,21,22). The minimum atomic E-state index is -1.97. The van der Waals surface area contributed by atoms with Crippen molar-refractivity contribution in [1.82, 2.24) is 0 Å². The Morgan fingerprint density at radius 2 is 1.46 bits per heavy atom. The zero-order chi connectivity index (χ0) is 18.5. The first-order chi connectivity index (χ1) is 11.2. The number of carboxylic acids is 1. The molecule has 1 aromatic rings. The maximum atomic E-state index is 11.4. The van der Waals surface area contributed by atoms with Gasteiger partial charge in [-0.05, 0) is 40.7 Å². The molecule has 1 N–H and O–H groups in total. The minimum absolute atomic E-state index is 0.425. The molecule has 4 heteroatoms. The van der Waals surface area contributed by atoms with Gasteiger partial charge < -0.3 is 9.53 Å². The Bertz CT molecular complexity index is 498. The van der Waals surface area contributed by atoms with Gasteiger partial charge in [-0.1, -0.05) is 67.0 Å². The van der Waals surface area contributed by atoms with E-state index in [4.69, 9.17) is 4.43 Å². The lowest BCUT2D eigenvalue weighted by Crippen LogP contribution is -2.50. The van der Waals surface area contributed by atoms with Crippen molar-refractivity contribution in [2.75, 3.05) is 0 Å². The lowest BCUT2D eigenvalue weighted by Gasteiger charge is -2.42. The Labute approximate surface area is 148 Å². The van der Waals surface area contributed by atoms with Crippen LogP contribution in [0.3, 0.4) is 0 Å². The van der Waals surface area contributed by atoms with Gasteiger partial charge in [-0.3, -0.25) is 4.79 Å². The summed E-state index contributed by atoms with van der Waals surface area (Å²) in [6.07, 6.45) is 1.53. The molecule has 0 aliphatic carbocycles. The number of carbonyl (C=O) groups is 1. The average Bonchev–Trinajstić information content (AvgIpc) is 2.49. The number of carboxylic acid groups (broad SMARTS) is 1. The topological polar surface area (TPSA) is 46.5 Å². The van der Waals surface area contributed by atoms with E-state index in [0.717, 1.165) is 17.7 Å². The van der Waals surface area contributed by atoms with E-state index in [1.54, 1.807) is 0 Å². The Morgan fingerprint density at radius 3 is 1.79 bits per heavy atom. The van der Waals surface area contributed by atoms with Crippen molar-refractivity contribution in [2.24, 2.45) is 0 Å². The van der Waals surface area contributed by atoms with E-state index < -0.39 is 20.2 Å². The first-order valence-corrected chi connectivity index (χ1v) is 11.3. The van der Waals surface area contributed by atoms with Crippen LogP contribution in [0.25, 0.3) is 0 Å². The van der Waals surface area contributed by atoms with Gasteiger partial charge in [0.2, 0.25) is 0 Å². The fourth-order valence-corrected chi connectivity index (χ4v) is 9.30. The first kappa shape index (κ1) is 20.8. The second-order valence-electron chi connectivity index (χ2n) is 7.67. The maximum absolute atomic E-state index is 11.4. The Morgan fingerprint density at radius 1 is 1.00 bits per heavy atom. The highest BCUT2D eigenvalue weighted by atomic mass is 28.4. The molecule has 3 nitrogen and oxygen atoms in total. The third kappa shape index (κ3) is 4.41. The van der Waals surface area contributed by atoms with E-state index >= 15 is 0 Å². The number of aliphatic carboxylic acids is 1. The number of benzene rings is 1. The van der Waals surface area contributed by atoms with Gasteiger partial charge in [-0.2, -0.15) is 0 Å². The molecule has 0 radical (unpaired) electrons. The van der Waals surface area contributed by atoms with Crippen molar-refractivity contribution < 1.29 is 14.3 Å². The smallest absolute Gasteiger partial charge is 0.310 e. The highest BCUT2D eigenvalue weighted by Crippen LogP contribution is 2.42. The van der Waals surface area contributed by atoms with E-state index in [1.807, 2.05) is 31.2 Å². The van der Waals surface area contributed by atoms with Crippen LogP contribution in [0.1, 0.15) is 72.8 Å². The van der Waals surface area contributed by atoms with Gasteiger partial charge in [0.1, 0.15) is 5.75 Å². The molecule has 136 valence electrons. The molecule has 0 aliphatic heterocycles. The van der Waals surface area contributed by atoms with E-state index in [-0.39, 0.29) is 0 Å². The molecular formula is C20H34O3Si. The van der Waals surface area contributed by atoms with Crippen molar-refractivity contribution in [3.8, 4) is 5.75 Å². The molecule has 1 unspecified atom stereocenters. The lowest BCUT2D eigenvalue weighted by atomic mass is 9.95. The van der Waals surface area contributed by atoms with E-state index in [1.165, 1.54) is 0 Å². The molecule has 0 heterocycles. The largest absolute Gasteiger partial charge is 0.543 e. The van der Waals surface area contributed by atoms with Gasteiger partial charge in [0.15, 0.2) is 0 Å². The SMILES string of the molecule is CCCC(C(=O)O)c1ccc(O[Si](C(C)C)(C(C)C)C(C)C)cc1. The summed E-state index contributed by atoms with van der Waals surface area (Å²) in [5.41, 5.74) is 2.42.